The first-order chi connectivity index (χ1) is 7.32. The van der Waals surface area contributed by atoms with E-state index in [0.29, 0.717) is 16.0 Å². The summed E-state index contributed by atoms with van der Waals surface area (Å²) in [7, 11) is -5.74. The van der Waals surface area contributed by atoms with Crippen molar-refractivity contribution in [1.82, 2.24) is 11.1 Å². The van der Waals surface area contributed by atoms with Gasteiger partial charge in [-0.05, 0) is 12.1 Å². The summed E-state index contributed by atoms with van der Waals surface area (Å²) in [4.78, 5) is 3.44. The van der Waals surface area contributed by atoms with Gasteiger partial charge in [0.1, 0.15) is 0 Å². The highest BCUT2D eigenvalue weighted by Crippen LogP contribution is 2.37. The fourth-order valence-corrected chi connectivity index (χ4v) is 2.63. The fraction of sp³-hybridized carbons (Fsp3) is 0.125. The summed E-state index contributed by atoms with van der Waals surface area (Å²) in [5, 5.41) is -5.47. The van der Waals surface area contributed by atoms with E-state index in [1.54, 1.807) is 12.1 Å². The third kappa shape index (κ3) is 2.27. The van der Waals surface area contributed by atoms with Gasteiger partial charge in [-0.3, -0.25) is 0 Å². The Morgan fingerprint density at radius 1 is 1.29 bits per heavy atom. The predicted molar refractivity (Wildman–Crippen MR) is 59.2 cm³/mol. The van der Waals surface area contributed by atoms with Crippen molar-refractivity contribution < 1.29 is 21.8 Å². The van der Waals surface area contributed by atoms with Crippen molar-refractivity contribution in [3.63, 3.8) is 0 Å². The summed E-state index contributed by atoms with van der Waals surface area (Å²) >= 11 is 0.491. The number of thiazole rings is 1. The van der Waals surface area contributed by atoms with Gasteiger partial charge in [0.25, 0.3) is 0 Å². The number of hydrogen-bond acceptors (Lipinski definition) is 5. The number of hydrogen-bond donors (Lipinski definition) is 1. The van der Waals surface area contributed by atoms with Crippen molar-refractivity contribution in [1.29, 1.82) is 0 Å². The summed E-state index contributed by atoms with van der Waals surface area (Å²) in [5.41, 5.74) is 0.242. The molecule has 17 heavy (non-hydrogen) atoms. The monoisotopic (exact) mass is 282 g/mol. The van der Waals surface area contributed by atoms with E-state index in [0.717, 1.165) is 0 Å². The Morgan fingerprint density at radius 3 is 2.41 bits per heavy atom. The third-order valence-corrected chi connectivity index (χ3v) is 3.91. The van der Waals surface area contributed by atoms with E-state index in [2.05, 4.69) is 4.98 Å². The molecule has 5 nitrogen and oxygen atoms in total. The minimum atomic E-state index is -5.74. The first kappa shape index (κ1) is 13.9. The van der Waals surface area contributed by atoms with E-state index in [1.165, 1.54) is 12.1 Å². The molecule has 0 bridgehead atoms. The smallest absolute Gasteiger partial charge is 0.385 e. The van der Waals surface area contributed by atoms with Gasteiger partial charge in [0, 0.05) is 0 Å². The Hall–Kier alpha value is -1.16. The van der Waals surface area contributed by atoms with Crippen molar-refractivity contribution in [2.45, 2.75) is 5.25 Å². The van der Waals surface area contributed by atoms with Crippen LogP contribution in [0, 0.1) is 0 Å². The number of nitrogens with zero attached hydrogens (tertiary/aromatic N) is 1. The maximum Gasteiger partial charge on any atom is 0.385 e. The average molecular weight is 282 g/mol. The molecular weight excluding hydrogens is 274 g/mol. The Bertz CT molecular complexity index is 606. The summed E-state index contributed by atoms with van der Waals surface area (Å²) in [6, 6.07) is 6.16. The molecule has 0 amide bonds. The lowest BCUT2D eigenvalue weighted by Crippen LogP contribution is -2.25. The van der Waals surface area contributed by atoms with Crippen LogP contribution in [0.3, 0.4) is 0 Å². The second-order valence-electron chi connectivity index (χ2n) is 2.96. The molecule has 1 aromatic carbocycles. The largest absolute Gasteiger partial charge is 0.743 e. The summed E-state index contributed by atoms with van der Waals surface area (Å²) in [6.07, 6.45) is 0. The minimum absolute atomic E-state index is 0. The zero-order valence-electron chi connectivity index (χ0n) is 8.55. The van der Waals surface area contributed by atoms with Gasteiger partial charge < -0.3 is 10.7 Å². The van der Waals surface area contributed by atoms with E-state index in [1.807, 2.05) is 0 Å². The Balaban J connectivity index is 0.00000144. The molecule has 0 aliphatic heterocycles. The fourth-order valence-electron chi connectivity index (χ4n) is 1.10. The average Bonchev–Trinajstić information content (AvgIpc) is 2.59. The summed E-state index contributed by atoms with van der Waals surface area (Å²) < 4.78 is 57.9. The van der Waals surface area contributed by atoms with Crippen LogP contribution in [-0.2, 0) is 15.4 Å². The van der Waals surface area contributed by atoms with E-state index in [4.69, 9.17) is 0 Å². The van der Waals surface area contributed by atoms with Crippen LogP contribution in [0.5, 0.6) is 0 Å². The quantitative estimate of drug-likeness (QED) is 0.852. The molecule has 0 aliphatic carbocycles. The van der Waals surface area contributed by atoms with Gasteiger partial charge >= 0.3 is 5.25 Å². The molecule has 9 heteroatoms. The van der Waals surface area contributed by atoms with Gasteiger partial charge in [0.2, 0.25) is 0 Å². The lowest BCUT2D eigenvalue weighted by atomic mass is 10.3. The standard InChI is InChI=1S/C8H5F2NO3S2.H3N/c9-8(10,16(12,13)14)7-11-5-3-1-2-4-6(5)15-7;/h1-4H,(H,12,13,14);1H3. The number of halogens is 2. The molecule has 0 atom stereocenters. The summed E-state index contributed by atoms with van der Waals surface area (Å²) in [6.45, 7) is 0. The number of alkyl halides is 2. The van der Waals surface area contributed by atoms with E-state index >= 15 is 0 Å². The number of benzene rings is 1. The molecule has 0 spiro atoms. The van der Waals surface area contributed by atoms with Gasteiger partial charge in [0.05, 0.1) is 10.2 Å². The molecule has 0 fully saturated rings. The number of rotatable bonds is 2. The highest BCUT2D eigenvalue weighted by molar-refractivity contribution is 7.86. The first-order valence-corrected chi connectivity index (χ1v) is 6.24. The molecule has 1 heterocycles. The molecule has 1 aromatic heterocycles. The molecule has 0 unspecified atom stereocenters. The van der Waals surface area contributed by atoms with Crippen molar-refractivity contribution in [2.24, 2.45) is 0 Å². The van der Waals surface area contributed by atoms with Crippen LogP contribution in [0.15, 0.2) is 24.3 Å². The maximum absolute atomic E-state index is 13.1. The Kier molecular flexibility index (Phi) is 3.48. The van der Waals surface area contributed by atoms with Crippen LogP contribution in [0.1, 0.15) is 5.01 Å². The lowest BCUT2D eigenvalue weighted by Gasteiger charge is -2.16. The van der Waals surface area contributed by atoms with Crippen molar-refractivity contribution in [3.8, 4) is 0 Å². The molecule has 2 rings (SSSR count). The van der Waals surface area contributed by atoms with Gasteiger partial charge in [-0.25, -0.2) is 13.4 Å². The van der Waals surface area contributed by atoms with Crippen LogP contribution in [0.2, 0.25) is 0 Å². The molecule has 0 radical (unpaired) electrons. The van der Waals surface area contributed by atoms with Gasteiger partial charge in [-0.2, -0.15) is 8.78 Å². The molecule has 0 saturated heterocycles. The SMILES string of the molecule is O=S(=O)([O-])C(F)(F)c1nc2ccccc2s1.[NH4+]. The summed E-state index contributed by atoms with van der Waals surface area (Å²) in [5.74, 6) is 0. The topological polar surface area (TPSA) is 107 Å². The zero-order chi connectivity index (χ0) is 12.0. The molecule has 94 valence electrons. The highest BCUT2D eigenvalue weighted by atomic mass is 32.2. The molecule has 0 aliphatic rings. The van der Waals surface area contributed by atoms with Crippen LogP contribution in [0.25, 0.3) is 10.2 Å². The third-order valence-electron chi connectivity index (χ3n) is 1.86. The predicted octanol–water partition coefficient (Wildman–Crippen LogP) is 2.27. The minimum Gasteiger partial charge on any atom is -0.743 e. The van der Waals surface area contributed by atoms with Crippen molar-refractivity contribution >= 4 is 31.7 Å². The Morgan fingerprint density at radius 2 is 1.88 bits per heavy atom. The van der Waals surface area contributed by atoms with Crippen molar-refractivity contribution in [2.75, 3.05) is 0 Å². The number of fused-ring (bicyclic) bond motifs is 1. The first-order valence-electron chi connectivity index (χ1n) is 4.01. The molecule has 2 aromatic rings. The molecule has 4 N–H and O–H groups in total. The number of para-hydroxylation sites is 1. The lowest BCUT2D eigenvalue weighted by molar-refractivity contribution is 0.0775. The van der Waals surface area contributed by atoms with Gasteiger partial charge in [-0.1, -0.05) is 12.1 Å². The molecular formula is C8H8F2N2O3S2. The van der Waals surface area contributed by atoms with E-state index in [9.17, 15) is 21.8 Å². The van der Waals surface area contributed by atoms with E-state index in [-0.39, 0.29) is 11.7 Å². The van der Waals surface area contributed by atoms with Gasteiger partial charge in [0.15, 0.2) is 15.1 Å². The van der Waals surface area contributed by atoms with Crippen LogP contribution >= 0.6 is 11.3 Å². The number of aromatic nitrogens is 1. The van der Waals surface area contributed by atoms with Gasteiger partial charge in [-0.15, -0.1) is 11.3 Å². The van der Waals surface area contributed by atoms with Crippen LogP contribution in [0.4, 0.5) is 8.78 Å². The van der Waals surface area contributed by atoms with Crippen LogP contribution < -0.4 is 6.15 Å². The van der Waals surface area contributed by atoms with E-state index < -0.39 is 20.4 Å². The second-order valence-corrected chi connectivity index (χ2v) is 5.41. The molecule has 0 saturated carbocycles. The second kappa shape index (κ2) is 4.26. The maximum atomic E-state index is 13.1. The zero-order valence-corrected chi connectivity index (χ0v) is 10.2. The number of quaternary nitrogens is 1. The normalized spacial score (nSPS) is 12.4. The Labute approximate surface area is 99.4 Å². The van der Waals surface area contributed by atoms with Crippen molar-refractivity contribution in [3.05, 3.63) is 29.3 Å². The van der Waals surface area contributed by atoms with Crippen LogP contribution in [-0.4, -0.2) is 18.0 Å². The highest BCUT2D eigenvalue weighted by Gasteiger charge is 2.43.